The van der Waals surface area contributed by atoms with Gasteiger partial charge in [-0.2, -0.15) is 5.10 Å². The molecule has 142 valence electrons. The van der Waals surface area contributed by atoms with Gasteiger partial charge in [-0.25, -0.2) is 9.67 Å². The Bertz CT molecular complexity index is 1150. The Kier molecular flexibility index (Phi) is 4.98. The summed E-state index contributed by atoms with van der Waals surface area (Å²) in [5.41, 5.74) is 0.956. The van der Waals surface area contributed by atoms with E-state index in [1.165, 1.54) is 6.20 Å². The summed E-state index contributed by atoms with van der Waals surface area (Å²) in [4.78, 5) is 31.7. The number of H-pyrrole nitrogens is 1. The lowest BCUT2D eigenvalue weighted by atomic mass is 10.2. The first-order chi connectivity index (χ1) is 13.6. The third-order valence-corrected chi connectivity index (χ3v) is 4.98. The van der Waals surface area contributed by atoms with Gasteiger partial charge in [-0.3, -0.25) is 9.59 Å². The summed E-state index contributed by atoms with van der Waals surface area (Å²) in [6.07, 6.45) is 3.05. The SMILES string of the molecule is C[C@@H](NC(=O)CSc1nc2c(cnn2-c2ccccc2)c(=O)[nH]1)c1ccco1. The molecule has 0 aliphatic carbocycles. The van der Waals surface area contributed by atoms with E-state index in [4.69, 9.17) is 4.42 Å². The van der Waals surface area contributed by atoms with Crippen LogP contribution in [0.5, 0.6) is 0 Å². The van der Waals surface area contributed by atoms with Crippen molar-refractivity contribution in [3.05, 3.63) is 71.0 Å². The largest absolute Gasteiger partial charge is 0.467 e. The summed E-state index contributed by atoms with van der Waals surface area (Å²) in [7, 11) is 0. The first kappa shape index (κ1) is 18.1. The van der Waals surface area contributed by atoms with Crippen LogP contribution in [0, 0.1) is 0 Å². The molecule has 0 aliphatic heterocycles. The Balaban J connectivity index is 1.51. The number of nitrogens with one attached hydrogen (secondary N) is 2. The standard InChI is InChI=1S/C19H17N5O3S/c1-12(15-8-5-9-27-15)21-16(25)11-28-19-22-17-14(18(26)23-19)10-20-24(17)13-6-3-2-4-7-13/h2-10,12H,11H2,1H3,(H,21,25)(H,22,23,26)/t12-/m1/s1. The molecule has 2 N–H and O–H groups in total. The summed E-state index contributed by atoms with van der Waals surface area (Å²) < 4.78 is 6.88. The van der Waals surface area contributed by atoms with E-state index in [2.05, 4.69) is 20.4 Å². The Hall–Kier alpha value is -3.33. The van der Waals surface area contributed by atoms with Gasteiger partial charge >= 0.3 is 0 Å². The quantitative estimate of drug-likeness (QED) is 0.384. The number of nitrogens with zero attached hydrogens (tertiary/aromatic N) is 3. The first-order valence-corrected chi connectivity index (χ1v) is 9.59. The average Bonchev–Trinajstić information content (AvgIpc) is 3.37. The predicted octanol–water partition coefficient (Wildman–Crippen LogP) is 2.67. The van der Waals surface area contributed by atoms with E-state index >= 15 is 0 Å². The molecule has 8 nitrogen and oxygen atoms in total. The van der Waals surface area contributed by atoms with Crippen LogP contribution in [-0.4, -0.2) is 31.4 Å². The van der Waals surface area contributed by atoms with Crippen LogP contribution in [-0.2, 0) is 4.79 Å². The van der Waals surface area contributed by atoms with E-state index in [9.17, 15) is 9.59 Å². The molecular weight excluding hydrogens is 378 g/mol. The van der Waals surface area contributed by atoms with Crippen molar-refractivity contribution in [2.24, 2.45) is 0 Å². The predicted molar refractivity (Wildman–Crippen MR) is 105 cm³/mol. The van der Waals surface area contributed by atoms with Crippen molar-refractivity contribution in [2.75, 3.05) is 5.75 Å². The number of benzene rings is 1. The van der Waals surface area contributed by atoms with Gasteiger partial charge in [0.1, 0.15) is 11.1 Å². The van der Waals surface area contributed by atoms with Crippen LogP contribution in [0.15, 0.2) is 69.3 Å². The van der Waals surface area contributed by atoms with E-state index in [0.29, 0.717) is 22.0 Å². The van der Waals surface area contributed by atoms with Gasteiger partial charge in [0.2, 0.25) is 5.91 Å². The lowest BCUT2D eigenvalue weighted by Crippen LogP contribution is -2.28. The van der Waals surface area contributed by atoms with Crippen LogP contribution in [0.3, 0.4) is 0 Å². The normalized spacial score (nSPS) is 12.2. The number of aromatic nitrogens is 4. The minimum absolute atomic E-state index is 0.110. The van der Waals surface area contributed by atoms with Crippen molar-refractivity contribution in [3.63, 3.8) is 0 Å². The highest BCUT2D eigenvalue weighted by molar-refractivity contribution is 7.99. The lowest BCUT2D eigenvalue weighted by Gasteiger charge is -2.11. The molecule has 4 rings (SSSR count). The third-order valence-electron chi connectivity index (χ3n) is 4.10. The number of aromatic amines is 1. The molecule has 3 heterocycles. The molecule has 28 heavy (non-hydrogen) atoms. The molecule has 0 unspecified atom stereocenters. The molecule has 9 heteroatoms. The number of para-hydroxylation sites is 1. The maximum absolute atomic E-state index is 12.3. The van der Waals surface area contributed by atoms with Crippen molar-refractivity contribution in [3.8, 4) is 5.69 Å². The van der Waals surface area contributed by atoms with E-state index in [1.54, 1.807) is 23.1 Å². The van der Waals surface area contributed by atoms with Gasteiger partial charge in [0.05, 0.1) is 29.9 Å². The summed E-state index contributed by atoms with van der Waals surface area (Å²) in [5, 5.41) is 7.86. The highest BCUT2D eigenvalue weighted by Crippen LogP contribution is 2.18. The van der Waals surface area contributed by atoms with Crippen LogP contribution in [0.2, 0.25) is 0 Å². The molecular formula is C19H17N5O3S. The number of fused-ring (bicyclic) bond motifs is 1. The highest BCUT2D eigenvalue weighted by atomic mass is 32.2. The number of carbonyl (C=O) groups excluding carboxylic acids is 1. The maximum Gasteiger partial charge on any atom is 0.262 e. The van der Waals surface area contributed by atoms with Crippen molar-refractivity contribution in [2.45, 2.75) is 18.1 Å². The van der Waals surface area contributed by atoms with Crippen LogP contribution < -0.4 is 10.9 Å². The molecule has 1 amide bonds. The van der Waals surface area contributed by atoms with Gasteiger partial charge in [-0.15, -0.1) is 0 Å². The van der Waals surface area contributed by atoms with Gasteiger partial charge in [-0.1, -0.05) is 30.0 Å². The second kappa shape index (κ2) is 7.73. The minimum Gasteiger partial charge on any atom is -0.467 e. The van der Waals surface area contributed by atoms with Crippen molar-refractivity contribution in [1.29, 1.82) is 0 Å². The van der Waals surface area contributed by atoms with Gasteiger partial charge in [-0.05, 0) is 31.2 Å². The smallest absolute Gasteiger partial charge is 0.262 e. The molecule has 4 aromatic rings. The minimum atomic E-state index is -0.293. The van der Waals surface area contributed by atoms with E-state index < -0.39 is 0 Å². The molecule has 0 saturated carbocycles. The van der Waals surface area contributed by atoms with Crippen molar-refractivity contribution in [1.82, 2.24) is 25.1 Å². The van der Waals surface area contributed by atoms with Gasteiger partial charge in [0.15, 0.2) is 10.8 Å². The third kappa shape index (κ3) is 3.70. The number of hydrogen-bond donors (Lipinski definition) is 2. The van der Waals surface area contributed by atoms with Gasteiger partial charge in [0.25, 0.3) is 5.56 Å². The number of thioether (sulfide) groups is 1. The van der Waals surface area contributed by atoms with Crippen molar-refractivity contribution >= 4 is 28.7 Å². The topological polar surface area (TPSA) is 106 Å². The number of carbonyl (C=O) groups is 1. The number of amides is 1. The molecule has 1 aromatic carbocycles. The number of hydrogen-bond acceptors (Lipinski definition) is 6. The van der Waals surface area contributed by atoms with E-state index in [-0.39, 0.29) is 23.3 Å². The average molecular weight is 395 g/mol. The summed E-state index contributed by atoms with van der Waals surface area (Å²) >= 11 is 1.15. The zero-order chi connectivity index (χ0) is 19.5. The maximum atomic E-state index is 12.3. The molecule has 0 saturated heterocycles. The van der Waals surface area contributed by atoms with Gasteiger partial charge < -0.3 is 14.7 Å². The lowest BCUT2D eigenvalue weighted by molar-refractivity contribution is -0.119. The Morgan fingerprint density at radius 2 is 2.11 bits per heavy atom. The number of furan rings is 1. The van der Waals surface area contributed by atoms with Crippen molar-refractivity contribution < 1.29 is 9.21 Å². The molecule has 0 fully saturated rings. The van der Waals surface area contributed by atoms with E-state index in [1.807, 2.05) is 37.3 Å². The van der Waals surface area contributed by atoms with Crippen LogP contribution >= 0.6 is 11.8 Å². The summed E-state index contributed by atoms with van der Waals surface area (Å²) in [6.45, 7) is 1.84. The molecule has 0 spiro atoms. The monoisotopic (exact) mass is 395 g/mol. The Morgan fingerprint density at radius 3 is 2.86 bits per heavy atom. The second-order valence-corrected chi connectivity index (χ2v) is 7.06. The first-order valence-electron chi connectivity index (χ1n) is 8.61. The molecule has 0 aliphatic rings. The van der Waals surface area contributed by atoms with Crippen LogP contribution in [0.1, 0.15) is 18.7 Å². The van der Waals surface area contributed by atoms with Gasteiger partial charge in [0, 0.05) is 0 Å². The zero-order valence-electron chi connectivity index (χ0n) is 15.0. The fourth-order valence-corrected chi connectivity index (χ4v) is 3.42. The van der Waals surface area contributed by atoms with Crippen LogP contribution in [0.25, 0.3) is 16.7 Å². The molecule has 0 bridgehead atoms. The zero-order valence-corrected chi connectivity index (χ0v) is 15.8. The number of rotatable bonds is 6. The highest BCUT2D eigenvalue weighted by Gasteiger charge is 2.15. The molecule has 1 atom stereocenters. The molecule has 3 aromatic heterocycles. The Morgan fingerprint density at radius 1 is 1.29 bits per heavy atom. The van der Waals surface area contributed by atoms with Crippen LogP contribution in [0.4, 0.5) is 0 Å². The fourth-order valence-electron chi connectivity index (χ4n) is 2.75. The van der Waals surface area contributed by atoms with E-state index in [0.717, 1.165) is 17.4 Å². The summed E-state index contributed by atoms with van der Waals surface area (Å²) in [5.74, 6) is 0.602. The molecule has 0 radical (unpaired) electrons. The Labute approximate surface area is 164 Å². The second-order valence-electron chi connectivity index (χ2n) is 6.09. The fraction of sp³-hybridized carbons (Fsp3) is 0.158. The summed E-state index contributed by atoms with van der Waals surface area (Å²) in [6, 6.07) is 12.8.